The van der Waals surface area contributed by atoms with Gasteiger partial charge >= 0.3 is 0 Å². The molecule has 0 saturated heterocycles. The Kier molecular flexibility index (Phi) is 4.22. The van der Waals surface area contributed by atoms with Gasteiger partial charge in [-0.05, 0) is 12.1 Å². The van der Waals surface area contributed by atoms with Gasteiger partial charge in [0.2, 0.25) is 0 Å². The third-order valence-electron chi connectivity index (χ3n) is 1.29. The molecule has 0 aliphatic carbocycles. The van der Waals surface area contributed by atoms with Gasteiger partial charge in [0.25, 0.3) is 0 Å². The Labute approximate surface area is 81.2 Å². The lowest BCUT2D eigenvalue weighted by molar-refractivity contribution is 0.490. The molecule has 66 valence electrons. The maximum Gasteiger partial charge on any atom is 0.117 e. The van der Waals surface area contributed by atoms with Crippen LogP contribution in [0.1, 0.15) is 5.76 Å². The minimum absolute atomic E-state index is 0.561. The van der Waals surface area contributed by atoms with Crippen molar-refractivity contribution in [1.29, 1.82) is 0 Å². The van der Waals surface area contributed by atoms with Crippen molar-refractivity contribution < 1.29 is 4.42 Å². The molecule has 1 heterocycles. The zero-order valence-corrected chi connectivity index (χ0v) is 7.90. The summed E-state index contributed by atoms with van der Waals surface area (Å²) in [6.07, 6.45) is 1.63. The second kappa shape index (κ2) is 5.25. The predicted octanol–water partition coefficient (Wildman–Crippen LogP) is 2.69. The van der Waals surface area contributed by atoms with E-state index >= 15 is 0 Å². The van der Waals surface area contributed by atoms with E-state index in [1.807, 2.05) is 12.1 Å². The quantitative estimate of drug-likeness (QED) is 0.819. The minimum atomic E-state index is 0.561. The smallest absolute Gasteiger partial charge is 0.117 e. The van der Waals surface area contributed by atoms with Gasteiger partial charge in [-0.2, -0.15) is 0 Å². The first-order valence-corrected chi connectivity index (χ1v) is 4.32. The summed E-state index contributed by atoms with van der Waals surface area (Å²) in [6, 6.07) is 3.74. The van der Waals surface area contributed by atoms with E-state index in [-0.39, 0.29) is 0 Å². The molecule has 0 aromatic carbocycles. The third-order valence-corrected chi connectivity index (χ3v) is 1.91. The Hall–Kier alpha value is -0.440. The van der Waals surface area contributed by atoms with Gasteiger partial charge < -0.3 is 9.73 Å². The fourth-order valence-corrected chi connectivity index (χ4v) is 0.928. The normalized spacial score (nSPS) is 12.0. The standard InChI is InChI=1S/C8H9Cl2NO/c9-4-7(10)5-11-6-8-2-1-3-12-8/h1-4,11H,5-6H2. The number of hydrogen-bond acceptors (Lipinski definition) is 2. The Bertz CT molecular complexity index is 244. The summed E-state index contributed by atoms with van der Waals surface area (Å²) in [6.45, 7) is 1.22. The number of furan rings is 1. The van der Waals surface area contributed by atoms with Crippen LogP contribution >= 0.6 is 23.2 Å². The van der Waals surface area contributed by atoms with E-state index in [9.17, 15) is 0 Å². The van der Waals surface area contributed by atoms with Crippen molar-refractivity contribution in [2.75, 3.05) is 6.54 Å². The van der Waals surface area contributed by atoms with Gasteiger partial charge in [0, 0.05) is 17.1 Å². The fraction of sp³-hybridized carbons (Fsp3) is 0.250. The fourth-order valence-electron chi connectivity index (χ4n) is 0.757. The Morgan fingerprint density at radius 2 is 2.50 bits per heavy atom. The molecule has 0 aliphatic heterocycles. The largest absolute Gasteiger partial charge is 0.468 e. The average Bonchev–Trinajstić information content (AvgIpc) is 2.57. The first-order chi connectivity index (χ1) is 5.83. The van der Waals surface area contributed by atoms with Gasteiger partial charge in [-0.1, -0.05) is 23.2 Å². The highest BCUT2D eigenvalue weighted by Crippen LogP contribution is 2.02. The van der Waals surface area contributed by atoms with E-state index in [2.05, 4.69) is 5.32 Å². The molecule has 0 amide bonds. The van der Waals surface area contributed by atoms with Gasteiger partial charge in [-0.15, -0.1) is 0 Å². The lowest BCUT2D eigenvalue weighted by atomic mass is 10.4. The number of halogens is 2. The Morgan fingerprint density at radius 1 is 1.67 bits per heavy atom. The summed E-state index contributed by atoms with van der Waals surface area (Å²) in [5, 5.41) is 3.65. The summed E-state index contributed by atoms with van der Waals surface area (Å²) in [5.74, 6) is 0.883. The van der Waals surface area contributed by atoms with Crippen LogP contribution in [-0.2, 0) is 6.54 Å². The van der Waals surface area contributed by atoms with Gasteiger partial charge in [0.1, 0.15) is 5.76 Å². The van der Waals surface area contributed by atoms with E-state index in [0.717, 1.165) is 5.76 Å². The number of rotatable bonds is 4. The maximum absolute atomic E-state index is 5.64. The van der Waals surface area contributed by atoms with Crippen LogP contribution in [0.5, 0.6) is 0 Å². The van der Waals surface area contributed by atoms with Crippen LogP contribution in [0.4, 0.5) is 0 Å². The van der Waals surface area contributed by atoms with E-state index < -0.39 is 0 Å². The van der Waals surface area contributed by atoms with Crippen molar-refractivity contribution in [3.8, 4) is 0 Å². The maximum atomic E-state index is 5.64. The zero-order chi connectivity index (χ0) is 8.81. The summed E-state index contributed by atoms with van der Waals surface area (Å²) in [4.78, 5) is 0. The number of hydrogen-bond donors (Lipinski definition) is 1. The van der Waals surface area contributed by atoms with Gasteiger partial charge in [0.05, 0.1) is 12.8 Å². The predicted molar refractivity (Wildman–Crippen MR) is 50.2 cm³/mol. The molecule has 0 unspecified atom stereocenters. The summed E-state index contributed by atoms with van der Waals surface area (Å²) >= 11 is 11.0. The molecule has 1 aromatic heterocycles. The summed E-state index contributed by atoms with van der Waals surface area (Å²) in [5.41, 5.74) is 1.34. The minimum Gasteiger partial charge on any atom is -0.468 e. The molecule has 0 saturated carbocycles. The highest BCUT2D eigenvalue weighted by molar-refractivity contribution is 6.36. The van der Waals surface area contributed by atoms with Crippen molar-refractivity contribution in [3.05, 3.63) is 34.7 Å². The first-order valence-electron chi connectivity index (χ1n) is 3.51. The van der Waals surface area contributed by atoms with Gasteiger partial charge in [-0.3, -0.25) is 0 Å². The molecule has 2 nitrogen and oxygen atoms in total. The molecular weight excluding hydrogens is 197 g/mol. The number of nitrogens with one attached hydrogen (secondary N) is 1. The zero-order valence-electron chi connectivity index (χ0n) is 6.39. The molecule has 0 atom stereocenters. The molecule has 4 heteroatoms. The van der Waals surface area contributed by atoms with Gasteiger partial charge in [-0.25, -0.2) is 0 Å². The van der Waals surface area contributed by atoms with Crippen LogP contribution in [-0.4, -0.2) is 6.54 Å². The van der Waals surface area contributed by atoms with Crippen molar-refractivity contribution in [1.82, 2.24) is 5.32 Å². The van der Waals surface area contributed by atoms with Crippen LogP contribution in [0.25, 0.3) is 0 Å². The summed E-state index contributed by atoms with van der Waals surface area (Å²) in [7, 11) is 0. The van der Waals surface area contributed by atoms with Gasteiger partial charge in [0.15, 0.2) is 0 Å². The molecule has 1 rings (SSSR count). The van der Waals surface area contributed by atoms with Crippen LogP contribution in [0.2, 0.25) is 0 Å². The van der Waals surface area contributed by atoms with Crippen LogP contribution < -0.4 is 5.32 Å². The molecular formula is C8H9Cl2NO. The molecule has 1 N–H and O–H groups in total. The molecule has 0 bridgehead atoms. The Balaban J connectivity index is 2.19. The Morgan fingerprint density at radius 3 is 3.08 bits per heavy atom. The molecule has 0 radical (unpaired) electrons. The second-order valence-corrected chi connectivity index (χ2v) is 2.94. The van der Waals surface area contributed by atoms with E-state index in [1.54, 1.807) is 6.26 Å². The van der Waals surface area contributed by atoms with Crippen molar-refractivity contribution >= 4 is 23.2 Å². The molecule has 12 heavy (non-hydrogen) atoms. The first kappa shape index (κ1) is 9.65. The highest BCUT2D eigenvalue weighted by Gasteiger charge is 1.94. The monoisotopic (exact) mass is 205 g/mol. The third kappa shape index (κ3) is 3.30. The van der Waals surface area contributed by atoms with E-state index in [0.29, 0.717) is 18.1 Å². The lowest BCUT2D eigenvalue weighted by Crippen LogP contribution is -2.14. The van der Waals surface area contributed by atoms with Crippen LogP contribution in [0, 0.1) is 0 Å². The SMILES string of the molecule is ClC=C(Cl)CNCc1ccco1. The molecule has 0 fully saturated rings. The van der Waals surface area contributed by atoms with Crippen LogP contribution in [0.15, 0.2) is 33.4 Å². The summed E-state index contributed by atoms with van der Waals surface area (Å²) < 4.78 is 5.09. The molecule has 0 spiro atoms. The van der Waals surface area contributed by atoms with E-state index in [1.165, 1.54) is 5.54 Å². The molecule has 1 aromatic rings. The lowest BCUT2D eigenvalue weighted by Gasteiger charge is -1.99. The second-order valence-electron chi connectivity index (χ2n) is 2.24. The van der Waals surface area contributed by atoms with Crippen LogP contribution in [0.3, 0.4) is 0 Å². The molecule has 0 aliphatic rings. The average molecular weight is 206 g/mol. The van der Waals surface area contributed by atoms with E-state index in [4.69, 9.17) is 27.6 Å². The van der Waals surface area contributed by atoms with Crippen molar-refractivity contribution in [2.45, 2.75) is 6.54 Å². The topological polar surface area (TPSA) is 25.2 Å². The van der Waals surface area contributed by atoms with Crippen molar-refractivity contribution in [2.24, 2.45) is 0 Å². The highest BCUT2D eigenvalue weighted by atomic mass is 35.5. The van der Waals surface area contributed by atoms with Crippen molar-refractivity contribution in [3.63, 3.8) is 0 Å².